The Balaban J connectivity index is 2.86. The summed E-state index contributed by atoms with van der Waals surface area (Å²) in [5.41, 5.74) is -0.671. The number of carbonyl (C=O) groups is 2. The molecular weight excluding hydrogens is 287 g/mol. The van der Waals surface area contributed by atoms with Crippen LogP contribution in [0.1, 0.15) is 11.1 Å². The second-order valence-electron chi connectivity index (χ2n) is 4.33. The van der Waals surface area contributed by atoms with Gasteiger partial charge in [0.05, 0.1) is 12.0 Å². The first-order valence-electron chi connectivity index (χ1n) is 6.00. The lowest BCUT2D eigenvalue weighted by molar-refractivity contribution is -0.143. The maximum Gasteiger partial charge on any atom is 0.416 e. The summed E-state index contributed by atoms with van der Waals surface area (Å²) in [6, 6.07) is 4.39. The molecule has 0 heterocycles. The smallest absolute Gasteiger partial charge is 0.416 e. The fraction of sp³-hybridized carbons (Fsp3) is 0.286. The van der Waals surface area contributed by atoms with E-state index in [-0.39, 0.29) is 18.5 Å². The van der Waals surface area contributed by atoms with E-state index in [9.17, 15) is 22.8 Å². The molecule has 0 fully saturated rings. The van der Waals surface area contributed by atoms with Gasteiger partial charge in [0.25, 0.3) is 0 Å². The van der Waals surface area contributed by atoms with Crippen molar-refractivity contribution in [3.05, 3.63) is 48.0 Å². The third kappa shape index (κ3) is 5.29. The van der Waals surface area contributed by atoms with E-state index in [1.165, 1.54) is 18.2 Å². The van der Waals surface area contributed by atoms with Crippen molar-refractivity contribution in [1.29, 1.82) is 0 Å². The normalized spacial score (nSPS) is 11.0. The van der Waals surface area contributed by atoms with Crippen LogP contribution in [0.5, 0.6) is 0 Å². The molecule has 114 valence electrons. The number of carbonyl (C=O) groups excluding carboxylic acids is 1. The molecule has 0 unspecified atom stereocenters. The highest BCUT2D eigenvalue weighted by Gasteiger charge is 2.30. The topological polar surface area (TPSA) is 57.6 Å². The van der Waals surface area contributed by atoms with E-state index >= 15 is 0 Å². The number of rotatable bonds is 6. The SMILES string of the molecule is C=CCN(CC(=O)O)C(=O)Cc1cccc(C(F)(F)F)c1. The number of alkyl halides is 3. The molecule has 0 radical (unpaired) electrons. The Morgan fingerprint density at radius 3 is 2.52 bits per heavy atom. The van der Waals surface area contributed by atoms with Gasteiger partial charge in [-0.1, -0.05) is 24.3 Å². The van der Waals surface area contributed by atoms with Crippen LogP contribution in [0.25, 0.3) is 0 Å². The van der Waals surface area contributed by atoms with Crippen molar-refractivity contribution in [2.45, 2.75) is 12.6 Å². The van der Waals surface area contributed by atoms with Crippen LogP contribution in [0.3, 0.4) is 0 Å². The van der Waals surface area contributed by atoms with Crippen LogP contribution in [-0.4, -0.2) is 35.0 Å². The number of benzene rings is 1. The van der Waals surface area contributed by atoms with Gasteiger partial charge in [-0.25, -0.2) is 0 Å². The van der Waals surface area contributed by atoms with Gasteiger partial charge in [-0.05, 0) is 11.6 Å². The monoisotopic (exact) mass is 301 g/mol. The highest BCUT2D eigenvalue weighted by molar-refractivity contribution is 5.83. The molecule has 0 aliphatic rings. The molecule has 4 nitrogen and oxygen atoms in total. The summed E-state index contributed by atoms with van der Waals surface area (Å²) in [7, 11) is 0. The zero-order valence-electron chi connectivity index (χ0n) is 11.1. The highest BCUT2D eigenvalue weighted by atomic mass is 19.4. The first-order valence-corrected chi connectivity index (χ1v) is 6.00. The number of carboxylic acids is 1. The van der Waals surface area contributed by atoms with Crippen LogP contribution < -0.4 is 0 Å². The molecule has 0 atom stereocenters. The van der Waals surface area contributed by atoms with Crippen LogP contribution in [0.4, 0.5) is 13.2 Å². The highest BCUT2D eigenvalue weighted by Crippen LogP contribution is 2.29. The zero-order valence-corrected chi connectivity index (χ0v) is 11.1. The van der Waals surface area contributed by atoms with Gasteiger partial charge >= 0.3 is 12.1 Å². The molecule has 0 spiro atoms. The summed E-state index contributed by atoms with van der Waals surface area (Å²) < 4.78 is 37.7. The number of carboxylic acid groups (broad SMARTS) is 1. The number of hydrogen-bond acceptors (Lipinski definition) is 2. The van der Waals surface area contributed by atoms with Crippen LogP contribution in [-0.2, 0) is 22.2 Å². The second-order valence-corrected chi connectivity index (χ2v) is 4.33. The first kappa shape index (κ1) is 16.7. The minimum absolute atomic E-state index is 0.0180. The fourth-order valence-electron chi connectivity index (χ4n) is 1.72. The van der Waals surface area contributed by atoms with E-state index < -0.39 is 30.2 Å². The predicted octanol–water partition coefficient (Wildman–Crippen LogP) is 2.35. The van der Waals surface area contributed by atoms with Crippen molar-refractivity contribution in [1.82, 2.24) is 4.90 Å². The quantitative estimate of drug-likeness (QED) is 0.821. The average Bonchev–Trinajstić information content (AvgIpc) is 2.37. The van der Waals surface area contributed by atoms with Gasteiger partial charge in [0.2, 0.25) is 5.91 Å². The molecule has 0 saturated heterocycles. The summed E-state index contributed by atoms with van der Waals surface area (Å²) in [6.07, 6.45) is -3.43. The second kappa shape index (κ2) is 6.92. The minimum Gasteiger partial charge on any atom is -0.480 e. The number of nitrogens with zero attached hydrogens (tertiary/aromatic N) is 1. The lowest BCUT2D eigenvalue weighted by Crippen LogP contribution is -2.36. The van der Waals surface area contributed by atoms with Crippen LogP contribution in [0, 0.1) is 0 Å². The number of aliphatic carboxylic acids is 1. The van der Waals surface area contributed by atoms with E-state index in [0.29, 0.717) is 0 Å². The molecule has 0 saturated carbocycles. The molecule has 0 aliphatic heterocycles. The third-order valence-corrected chi connectivity index (χ3v) is 2.64. The van der Waals surface area contributed by atoms with Gasteiger partial charge in [-0.15, -0.1) is 6.58 Å². The van der Waals surface area contributed by atoms with E-state index in [1.54, 1.807) is 0 Å². The summed E-state index contributed by atoms with van der Waals surface area (Å²) >= 11 is 0. The first-order chi connectivity index (χ1) is 9.74. The molecule has 0 aromatic heterocycles. The molecule has 1 aromatic rings. The van der Waals surface area contributed by atoms with Crippen molar-refractivity contribution >= 4 is 11.9 Å². The fourth-order valence-corrected chi connectivity index (χ4v) is 1.72. The summed E-state index contributed by atoms with van der Waals surface area (Å²) in [4.78, 5) is 23.6. The van der Waals surface area contributed by atoms with E-state index in [4.69, 9.17) is 5.11 Å². The summed E-state index contributed by atoms with van der Waals surface area (Å²) in [5, 5.41) is 8.70. The molecule has 1 aromatic carbocycles. The zero-order chi connectivity index (χ0) is 16.0. The predicted molar refractivity (Wildman–Crippen MR) is 69.6 cm³/mol. The van der Waals surface area contributed by atoms with E-state index in [0.717, 1.165) is 17.0 Å². The van der Waals surface area contributed by atoms with Gasteiger partial charge < -0.3 is 10.0 Å². The molecular formula is C14H14F3NO3. The van der Waals surface area contributed by atoms with Gasteiger partial charge in [-0.3, -0.25) is 9.59 Å². The van der Waals surface area contributed by atoms with Crippen LogP contribution >= 0.6 is 0 Å². The van der Waals surface area contributed by atoms with E-state index in [1.807, 2.05) is 0 Å². The van der Waals surface area contributed by atoms with Crippen molar-refractivity contribution < 1.29 is 27.9 Å². The molecule has 21 heavy (non-hydrogen) atoms. The van der Waals surface area contributed by atoms with Crippen molar-refractivity contribution in [3.63, 3.8) is 0 Å². The minimum atomic E-state index is -4.49. The largest absolute Gasteiger partial charge is 0.480 e. The number of amides is 1. The van der Waals surface area contributed by atoms with Crippen molar-refractivity contribution in [3.8, 4) is 0 Å². The number of halogens is 3. The third-order valence-electron chi connectivity index (χ3n) is 2.64. The maximum atomic E-state index is 12.6. The molecule has 1 amide bonds. The van der Waals surface area contributed by atoms with Gasteiger partial charge in [0.1, 0.15) is 6.54 Å². The van der Waals surface area contributed by atoms with Crippen molar-refractivity contribution in [2.75, 3.05) is 13.1 Å². The van der Waals surface area contributed by atoms with Crippen LogP contribution in [0.2, 0.25) is 0 Å². The maximum absolute atomic E-state index is 12.6. The van der Waals surface area contributed by atoms with Crippen molar-refractivity contribution in [2.24, 2.45) is 0 Å². The molecule has 1 N–H and O–H groups in total. The Kier molecular flexibility index (Phi) is 5.52. The van der Waals surface area contributed by atoms with Crippen LogP contribution in [0.15, 0.2) is 36.9 Å². The lowest BCUT2D eigenvalue weighted by Gasteiger charge is -2.19. The molecule has 0 bridgehead atoms. The van der Waals surface area contributed by atoms with E-state index in [2.05, 4.69) is 6.58 Å². The Morgan fingerprint density at radius 2 is 2.00 bits per heavy atom. The average molecular weight is 301 g/mol. The Labute approximate surface area is 119 Å². The molecule has 1 rings (SSSR count). The Morgan fingerprint density at radius 1 is 1.33 bits per heavy atom. The summed E-state index contributed by atoms with van der Waals surface area (Å²) in [5.74, 6) is -1.77. The lowest BCUT2D eigenvalue weighted by atomic mass is 10.1. The van der Waals surface area contributed by atoms with Gasteiger partial charge in [0, 0.05) is 6.54 Å². The van der Waals surface area contributed by atoms with Gasteiger partial charge in [-0.2, -0.15) is 13.2 Å². The standard InChI is InChI=1S/C14H14F3NO3/c1-2-6-18(9-13(20)21)12(19)8-10-4-3-5-11(7-10)14(15,16)17/h2-5,7H,1,6,8-9H2,(H,20,21). The molecule has 7 heteroatoms. The summed E-state index contributed by atoms with van der Waals surface area (Å²) in [6.45, 7) is 2.90. The molecule has 0 aliphatic carbocycles. The Bertz CT molecular complexity index is 541. The number of hydrogen-bond donors (Lipinski definition) is 1. The Hall–Kier alpha value is -2.31. The van der Waals surface area contributed by atoms with Gasteiger partial charge in [0.15, 0.2) is 0 Å².